The van der Waals surface area contributed by atoms with Gasteiger partial charge in [0.1, 0.15) is 29.7 Å². The van der Waals surface area contributed by atoms with E-state index in [0.717, 1.165) is 15.9 Å². The predicted octanol–water partition coefficient (Wildman–Crippen LogP) is 1.52. The van der Waals surface area contributed by atoms with Gasteiger partial charge in [0.15, 0.2) is 0 Å². The van der Waals surface area contributed by atoms with E-state index in [2.05, 4.69) is 5.32 Å². The molecule has 0 aromatic heterocycles. The molecule has 0 spiro atoms. The summed E-state index contributed by atoms with van der Waals surface area (Å²) >= 11 is 0. The first-order chi connectivity index (χ1) is 17.5. The highest BCUT2D eigenvalue weighted by Gasteiger charge is 2.51. The van der Waals surface area contributed by atoms with Gasteiger partial charge < -0.3 is 20.2 Å². The van der Waals surface area contributed by atoms with E-state index in [0.29, 0.717) is 11.6 Å². The van der Waals surface area contributed by atoms with Crippen molar-refractivity contribution >= 4 is 23.8 Å². The molecule has 2 aromatic carbocycles. The third-order valence-electron chi connectivity index (χ3n) is 6.25. The Bertz CT molecular complexity index is 1230. The molecule has 0 saturated carbocycles. The molecule has 0 unspecified atom stereocenters. The predicted molar refractivity (Wildman–Crippen MR) is 122 cm³/mol. The van der Waals surface area contributed by atoms with Crippen molar-refractivity contribution in [3.8, 4) is 0 Å². The molecule has 2 aliphatic rings. The molecule has 2 aliphatic heterocycles. The molecule has 2 N–H and O–H groups in total. The Morgan fingerprint density at radius 1 is 1.05 bits per heavy atom. The number of carboxylic acids is 1. The molecule has 2 aromatic rings. The quantitative estimate of drug-likeness (QED) is 0.599. The van der Waals surface area contributed by atoms with Gasteiger partial charge >= 0.3 is 12.0 Å². The molecule has 4 rings (SSSR count). The number of fused-ring (bicyclic) bond motifs is 1. The van der Waals surface area contributed by atoms with Crippen LogP contribution in [0.15, 0.2) is 42.5 Å². The number of amides is 4. The van der Waals surface area contributed by atoms with Gasteiger partial charge in [-0.2, -0.15) is 0 Å². The minimum atomic E-state index is -1.44. The van der Waals surface area contributed by atoms with Gasteiger partial charge in [0.2, 0.25) is 11.8 Å². The number of hydrogen-bond donors (Lipinski definition) is 2. The van der Waals surface area contributed by atoms with E-state index in [9.17, 15) is 37.5 Å². The van der Waals surface area contributed by atoms with Crippen molar-refractivity contribution in [3.63, 3.8) is 0 Å². The molecule has 13 heteroatoms. The number of hydrogen-bond acceptors (Lipinski definition) is 5. The minimum Gasteiger partial charge on any atom is -0.481 e. The van der Waals surface area contributed by atoms with Crippen molar-refractivity contribution in [1.82, 2.24) is 25.1 Å². The number of benzene rings is 2. The summed E-state index contributed by atoms with van der Waals surface area (Å²) in [6.07, 6.45) is -1.82. The second-order valence-electron chi connectivity index (χ2n) is 8.80. The molecule has 10 nitrogen and oxygen atoms in total. The van der Waals surface area contributed by atoms with E-state index in [1.54, 1.807) is 0 Å². The van der Waals surface area contributed by atoms with Crippen LogP contribution < -0.4 is 5.32 Å². The van der Waals surface area contributed by atoms with E-state index >= 15 is 0 Å². The fraction of sp³-hybridized carbons (Fsp3) is 0.333. The molecule has 4 amide bonds. The van der Waals surface area contributed by atoms with Crippen LogP contribution in [0.25, 0.3) is 0 Å². The average Bonchev–Trinajstić information content (AvgIpc) is 2.82. The number of nitrogens with one attached hydrogen (secondary N) is 1. The maximum atomic E-state index is 14.3. The van der Waals surface area contributed by atoms with Gasteiger partial charge in [-0.15, -0.1) is 0 Å². The first-order valence-corrected chi connectivity index (χ1v) is 11.3. The molecule has 2 fully saturated rings. The lowest BCUT2D eigenvalue weighted by atomic mass is 10.0. The summed E-state index contributed by atoms with van der Waals surface area (Å²) in [5, 5.41) is 14.6. The zero-order valence-corrected chi connectivity index (χ0v) is 19.7. The smallest absolute Gasteiger partial charge is 0.334 e. The lowest BCUT2D eigenvalue weighted by Crippen LogP contribution is -2.76. The maximum absolute atomic E-state index is 14.3. The number of piperazine rings is 1. The second-order valence-corrected chi connectivity index (χ2v) is 8.80. The summed E-state index contributed by atoms with van der Waals surface area (Å²) in [7, 11) is 1.49. The highest BCUT2D eigenvalue weighted by Crippen LogP contribution is 2.28. The number of carboxylic acid groups (broad SMARTS) is 1. The molecule has 196 valence electrons. The summed E-state index contributed by atoms with van der Waals surface area (Å²) in [6.45, 7) is -0.831. The highest BCUT2D eigenvalue weighted by molar-refractivity contribution is 5.93. The van der Waals surface area contributed by atoms with Crippen LogP contribution in [0.5, 0.6) is 0 Å². The monoisotopic (exact) mass is 519 g/mol. The molecular weight excluding hydrogens is 495 g/mol. The number of urea groups is 1. The van der Waals surface area contributed by atoms with Crippen LogP contribution in [0.4, 0.5) is 18.0 Å². The Labute approximate surface area is 209 Å². The van der Waals surface area contributed by atoms with Gasteiger partial charge in [0.25, 0.3) is 0 Å². The number of nitrogens with zero attached hydrogens (tertiary/aromatic N) is 4. The first kappa shape index (κ1) is 25.9. The van der Waals surface area contributed by atoms with Crippen LogP contribution in [0, 0.1) is 17.5 Å². The van der Waals surface area contributed by atoms with Gasteiger partial charge in [0, 0.05) is 31.8 Å². The van der Waals surface area contributed by atoms with Crippen molar-refractivity contribution in [2.24, 2.45) is 0 Å². The number of hydrazine groups is 1. The average molecular weight is 519 g/mol. The number of aliphatic carboxylic acids is 1. The Morgan fingerprint density at radius 2 is 1.73 bits per heavy atom. The second kappa shape index (κ2) is 10.5. The van der Waals surface area contributed by atoms with Crippen molar-refractivity contribution in [2.45, 2.75) is 31.7 Å². The highest BCUT2D eigenvalue weighted by atomic mass is 19.1. The van der Waals surface area contributed by atoms with E-state index in [-0.39, 0.29) is 31.7 Å². The number of rotatable bonds is 6. The van der Waals surface area contributed by atoms with Crippen LogP contribution in [0.3, 0.4) is 0 Å². The molecular formula is C24H24F3N5O5. The Kier molecular flexibility index (Phi) is 7.34. The summed E-state index contributed by atoms with van der Waals surface area (Å²) < 4.78 is 40.9. The molecule has 2 saturated heterocycles. The molecule has 37 heavy (non-hydrogen) atoms. The van der Waals surface area contributed by atoms with Crippen molar-refractivity contribution in [3.05, 3.63) is 71.0 Å². The minimum absolute atomic E-state index is 0.0138. The lowest BCUT2D eigenvalue weighted by Gasteiger charge is -2.54. The molecule has 2 heterocycles. The van der Waals surface area contributed by atoms with Crippen LogP contribution in [-0.2, 0) is 27.5 Å². The third-order valence-corrected chi connectivity index (χ3v) is 6.25. The topological polar surface area (TPSA) is 114 Å². The van der Waals surface area contributed by atoms with Crippen molar-refractivity contribution in [1.29, 1.82) is 0 Å². The normalized spacial score (nSPS) is 20.2. The zero-order chi connectivity index (χ0) is 26.9. The van der Waals surface area contributed by atoms with Gasteiger partial charge in [-0.3, -0.25) is 14.4 Å². The summed E-state index contributed by atoms with van der Waals surface area (Å²) in [5.74, 6) is -4.75. The number of carbonyl (C=O) groups excluding carboxylic acids is 3. The van der Waals surface area contributed by atoms with Gasteiger partial charge in [0.05, 0.1) is 19.5 Å². The Balaban J connectivity index is 1.62. The third kappa shape index (κ3) is 5.50. The zero-order valence-electron chi connectivity index (χ0n) is 19.7. The fourth-order valence-corrected chi connectivity index (χ4v) is 4.53. The summed E-state index contributed by atoms with van der Waals surface area (Å²) in [4.78, 5) is 53.2. The van der Waals surface area contributed by atoms with E-state index < -0.39 is 59.9 Å². The van der Waals surface area contributed by atoms with Crippen LogP contribution >= 0.6 is 0 Å². The van der Waals surface area contributed by atoms with Crippen LogP contribution in [0.1, 0.15) is 17.5 Å². The van der Waals surface area contributed by atoms with Crippen molar-refractivity contribution in [2.75, 3.05) is 20.1 Å². The number of carbonyl (C=O) groups is 4. The Morgan fingerprint density at radius 3 is 2.38 bits per heavy atom. The SMILES string of the molecule is CN1CC(=O)N2[C@@H](CC(=O)O)C(=O)N(Cc3ccc(F)cc3F)C[C@@H]2N1C(=O)NCc1ccc(F)cc1. The summed E-state index contributed by atoms with van der Waals surface area (Å²) in [5.41, 5.74) is 0.596. The van der Waals surface area contributed by atoms with Gasteiger partial charge in [-0.25, -0.2) is 28.0 Å². The van der Waals surface area contributed by atoms with Crippen molar-refractivity contribution < 1.29 is 37.5 Å². The van der Waals surface area contributed by atoms with E-state index in [1.807, 2.05) is 0 Å². The first-order valence-electron chi connectivity index (χ1n) is 11.3. The van der Waals surface area contributed by atoms with E-state index in [1.165, 1.54) is 47.4 Å². The van der Waals surface area contributed by atoms with Crippen LogP contribution in [-0.4, -0.2) is 81.1 Å². The van der Waals surface area contributed by atoms with Gasteiger partial charge in [-0.1, -0.05) is 18.2 Å². The maximum Gasteiger partial charge on any atom is 0.334 e. The molecule has 0 aliphatic carbocycles. The van der Waals surface area contributed by atoms with E-state index in [4.69, 9.17) is 0 Å². The van der Waals surface area contributed by atoms with Crippen LogP contribution in [0.2, 0.25) is 0 Å². The lowest BCUT2D eigenvalue weighted by molar-refractivity contribution is -0.189. The number of halogens is 3. The Hall–Kier alpha value is -4.13. The summed E-state index contributed by atoms with van der Waals surface area (Å²) in [6, 6.07) is 6.24. The number of likely N-dealkylation sites (N-methyl/N-ethyl adjacent to an activating group) is 1. The largest absolute Gasteiger partial charge is 0.481 e. The molecule has 2 atom stereocenters. The molecule has 0 bridgehead atoms. The standard InChI is InChI=1S/C24H24F3N5O5/c1-29-13-21(33)31-19(9-22(34)35)23(36)30(11-15-4-7-17(26)8-18(15)27)12-20(31)32(29)24(37)28-10-14-2-5-16(25)6-3-14/h2-8,19-20H,9-13H2,1H3,(H,28,37)(H,34,35)/t19-,20-/m0/s1. The van der Waals surface area contributed by atoms with Gasteiger partial charge in [-0.05, 0) is 23.8 Å². The molecule has 0 radical (unpaired) electrons. The fourth-order valence-electron chi connectivity index (χ4n) is 4.53.